The van der Waals surface area contributed by atoms with Crippen LogP contribution in [-0.4, -0.2) is 16.9 Å². The third-order valence-corrected chi connectivity index (χ3v) is 2.43. The van der Waals surface area contributed by atoms with Crippen molar-refractivity contribution >= 4 is 17.4 Å². The molecule has 1 atom stereocenters. The van der Waals surface area contributed by atoms with Crippen molar-refractivity contribution in [3.63, 3.8) is 0 Å². The Morgan fingerprint density at radius 3 is 3.00 bits per heavy atom. The van der Waals surface area contributed by atoms with Crippen LogP contribution < -0.4 is 5.32 Å². The summed E-state index contributed by atoms with van der Waals surface area (Å²) in [5.41, 5.74) is 1.19. The number of halogens is 1. The summed E-state index contributed by atoms with van der Waals surface area (Å²) in [4.78, 5) is 4.28. The summed E-state index contributed by atoms with van der Waals surface area (Å²) in [6, 6.07) is 4.44. The molecule has 2 nitrogen and oxygen atoms in total. The fourth-order valence-corrected chi connectivity index (χ4v) is 1.48. The Bertz CT molecular complexity index is 276. The molecule has 1 heterocycles. The van der Waals surface area contributed by atoms with E-state index in [4.69, 9.17) is 11.6 Å². The molecule has 3 heteroatoms. The zero-order chi connectivity index (χ0) is 10.4. The van der Waals surface area contributed by atoms with Crippen LogP contribution in [0.3, 0.4) is 0 Å². The minimum absolute atomic E-state index is 0.433. The summed E-state index contributed by atoms with van der Waals surface area (Å²) < 4.78 is 0. The zero-order valence-corrected chi connectivity index (χ0v) is 9.51. The van der Waals surface area contributed by atoms with Crippen molar-refractivity contribution in [1.29, 1.82) is 0 Å². The van der Waals surface area contributed by atoms with Gasteiger partial charge in [-0.1, -0.05) is 6.07 Å². The van der Waals surface area contributed by atoms with E-state index >= 15 is 0 Å². The number of hydrogen-bond acceptors (Lipinski definition) is 2. The highest BCUT2D eigenvalue weighted by atomic mass is 35.5. The summed E-state index contributed by atoms with van der Waals surface area (Å²) in [6.07, 6.45) is 3.94. The van der Waals surface area contributed by atoms with Crippen LogP contribution in [0.15, 0.2) is 18.3 Å². The van der Waals surface area contributed by atoms with Crippen molar-refractivity contribution in [3.05, 3.63) is 23.9 Å². The van der Waals surface area contributed by atoms with E-state index in [-0.39, 0.29) is 0 Å². The van der Waals surface area contributed by atoms with Crippen LogP contribution in [0, 0.1) is 6.92 Å². The summed E-state index contributed by atoms with van der Waals surface area (Å²) in [5, 5.41) is 3.38. The van der Waals surface area contributed by atoms with Gasteiger partial charge in [0, 0.05) is 18.1 Å². The molecule has 0 radical (unpaired) electrons. The molecule has 1 unspecified atom stereocenters. The maximum Gasteiger partial charge on any atom is 0.129 e. The Kier molecular flexibility index (Phi) is 4.74. The quantitative estimate of drug-likeness (QED) is 0.759. The molecule has 1 rings (SSSR count). The number of alkyl halides is 1. The SMILES string of the molecule is Cc1cccnc1NC(C)CCCCl. The number of aromatic nitrogens is 1. The van der Waals surface area contributed by atoms with Crippen LogP contribution in [0.4, 0.5) is 5.82 Å². The molecule has 0 amide bonds. The highest BCUT2D eigenvalue weighted by molar-refractivity contribution is 6.17. The third-order valence-electron chi connectivity index (χ3n) is 2.16. The van der Waals surface area contributed by atoms with Gasteiger partial charge in [-0.05, 0) is 38.3 Å². The van der Waals surface area contributed by atoms with Gasteiger partial charge in [0.1, 0.15) is 5.82 Å². The monoisotopic (exact) mass is 212 g/mol. The first-order chi connectivity index (χ1) is 6.74. The van der Waals surface area contributed by atoms with Gasteiger partial charge in [-0.2, -0.15) is 0 Å². The molecule has 14 heavy (non-hydrogen) atoms. The van der Waals surface area contributed by atoms with E-state index in [0.29, 0.717) is 6.04 Å². The normalized spacial score (nSPS) is 12.5. The average molecular weight is 213 g/mol. The predicted molar refractivity (Wildman–Crippen MR) is 62.0 cm³/mol. The molecular formula is C11H17ClN2. The average Bonchev–Trinajstić information content (AvgIpc) is 2.18. The van der Waals surface area contributed by atoms with E-state index in [1.807, 2.05) is 12.3 Å². The van der Waals surface area contributed by atoms with Crippen molar-refractivity contribution in [2.45, 2.75) is 32.7 Å². The number of nitrogens with one attached hydrogen (secondary N) is 1. The molecule has 0 saturated heterocycles. The van der Waals surface area contributed by atoms with Gasteiger partial charge in [-0.15, -0.1) is 11.6 Å². The van der Waals surface area contributed by atoms with Gasteiger partial charge in [-0.3, -0.25) is 0 Å². The lowest BCUT2D eigenvalue weighted by atomic mass is 10.2. The van der Waals surface area contributed by atoms with E-state index < -0.39 is 0 Å². The molecule has 1 aromatic rings. The number of pyridine rings is 1. The smallest absolute Gasteiger partial charge is 0.129 e. The molecule has 0 aromatic carbocycles. The van der Waals surface area contributed by atoms with Crippen LogP contribution in [0.25, 0.3) is 0 Å². The van der Waals surface area contributed by atoms with Crippen LogP contribution in [0.2, 0.25) is 0 Å². The van der Waals surface area contributed by atoms with Crippen molar-refractivity contribution in [1.82, 2.24) is 4.98 Å². The maximum absolute atomic E-state index is 5.64. The lowest BCUT2D eigenvalue weighted by molar-refractivity contribution is 0.689. The van der Waals surface area contributed by atoms with Gasteiger partial charge in [0.2, 0.25) is 0 Å². The standard InChI is InChI=1S/C11H17ClN2/c1-9-5-4-8-13-11(9)14-10(2)6-3-7-12/h4-5,8,10H,3,6-7H2,1-2H3,(H,13,14). The Morgan fingerprint density at radius 2 is 2.36 bits per heavy atom. The first-order valence-electron chi connectivity index (χ1n) is 4.98. The van der Waals surface area contributed by atoms with Crippen LogP contribution in [-0.2, 0) is 0 Å². The van der Waals surface area contributed by atoms with Crippen molar-refractivity contribution < 1.29 is 0 Å². The number of nitrogens with zero attached hydrogens (tertiary/aromatic N) is 1. The van der Waals surface area contributed by atoms with E-state index in [1.54, 1.807) is 0 Å². The molecule has 0 aliphatic rings. The van der Waals surface area contributed by atoms with Crippen molar-refractivity contribution in [3.8, 4) is 0 Å². The molecular weight excluding hydrogens is 196 g/mol. The predicted octanol–water partition coefficient (Wildman–Crippen LogP) is 3.21. The largest absolute Gasteiger partial charge is 0.367 e. The minimum atomic E-state index is 0.433. The van der Waals surface area contributed by atoms with E-state index in [2.05, 4.69) is 30.2 Å². The number of hydrogen-bond donors (Lipinski definition) is 1. The topological polar surface area (TPSA) is 24.9 Å². The van der Waals surface area contributed by atoms with Crippen LogP contribution in [0.5, 0.6) is 0 Å². The summed E-state index contributed by atoms with van der Waals surface area (Å²) in [7, 11) is 0. The second-order valence-electron chi connectivity index (χ2n) is 3.55. The summed E-state index contributed by atoms with van der Waals surface area (Å²) in [5.74, 6) is 1.71. The Balaban J connectivity index is 2.47. The third kappa shape index (κ3) is 3.54. The zero-order valence-electron chi connectivity index (χ0n) is 8.76. The minimum Gasteiger partial charge on any atom is -0.367 e. The first-order valence-corrected chi connectivity index (χ1v) is 5.51. The molecule has 0 aliphatic carbocycles. The molecule has 0 saturated carbocycles. The maximum atomic E-state index is 5.64. The second-order valence-corrected chi connectivity index (χ2v) is 3.92. The van der Waals surface area contributed by atoms with Crippen molar-refractivity contribution in [2.75, 3.05) is 11.2 Å². The van der Waals surface area contributed by atoms with Gasteiger partial charge in [0.05, 0.1) is 0 Å². The van der Waals surface area contributed by atoms with Gasteiger partial charge in [0.15, 0.2) is 0 Å². The lowest BCUT2D eigenvalue weighted by Gasteiger charge is -2.15. The fraction of sp³-hybridized carbons (Fsp3) is 0.545. The molecule has 0 fully saturated rings. The lowest BCUT2D eigenvalue weighted by Crippen LogP contribution is -2.16. The van der Waals surface area contributed by atoms with Crippen molar-refractivity contribution in [2.24, 2.45) is 0 Å². The Hall–Kier alpha value is -0.760. The van der Waals surface area contributed by atoms with Gasteiger partial charge in [0.25, 0.3) is 0 Å². The highest BCUT2D eigenvalue weighted by Gasteiger charge is 2.03. The van der Waals surface area contributed by atoms with E-state index in [0.717, 1.165) is 24.5 Å². The Morgan fingerprint density at radius 1 is 1.57 bits per heavy atom. The fourth-order valence-electron chi connectivity index (χ4n) is 1.33. The molecule has 1 N–H and O–H groups in total. The van der Waals surface area contributed by atoms with Crippen LogP contribution in [0.1, 0.15) is 25.3 Å². The van der Waals surface area contributed by atoms with Gasteiger partial charge < -0.3 is 5.32 Å². The number of anilines is 1. The van der Waals surface area contributed by atoms with E-state index in [9.17, 15) is 0 Å². The van der Waals surface area contributed by atoms with Gasteiger partial charge in [-0.25, -0.2) is 4.98 Å². The molecule has 0 bridgehead atoms. The summed E-state index contributed by atoms with van der Waals surface area (Å²) in [6.45, 7) is 4.21. The highest BCUT2D eigenvalue weighted by Crippen LogP contribution is 2.12. The molecule has 78 valence electrons. The molecule has 0 aliphatic heterocycles. The summed E-state index contributed by atoms with van der Waals surface area (Å²) >= 11 is 5.64. The Labute approximate surface area is 90.7 Å². The number of aryl methyl sites for hydroxylation is 1. The first kappa shape index (κ1) is 11.3. The molecule has 1 aromatic heterocycles. The van der Waals surface area contributed by atoms with Gasteiger partial charge >= 0.3 is 0 Å². The second kappa shape index (κ2) is 5.86. The van der Waals surface area contributed by atoms with Crippen LogP contribution >= 0.6 is 11.6 Å². The number of rotatable bonds is 5. The van der Waals surface area contributed by atoms with E-state index in [1.165, 1.54) is 5.56 Å². The molecule has 0 spiro atoms.